The van der Waals surface area contributed by atoms with Crippen molar-refractivity contribution in [2.24, 2.45) is 11.8 Å². The van der Waals surface area contributed by atoms with Gasteiger partial charge in [-0.25, -0.2) is 14.6 Å². The van der Waals surface area contributed by atoms with Crippen LogP contribution in [-0.4, -0.2) is 50.8 Å². The van der Waals surface area contributed by atoms with Gasteiger partial charge in [-0.15, -0.1) is 0 Å². The van der Waals surface area contributed by atoms with E-state index in [9.17, 15) is 4.79 Å². The largest absolute Gasteiger partial charge is 0.466 e. The molecule has 2 aliphatic rings. The number of ether oxygens (including phenoxy) is 1. The van der Waals surface area contributed by atoms with Gasteiger partial charge in [0, 0.05) is 12.1 Å². The lowest BCUT2D eigenvalue weighted by Crippen LogP contribution is -2.33. The number of hydrogen-bond acceptors (Lipinski definition) is 5. The van der Waals surface area contributed by atoms with E-state index in [-0.39, 0.29) is 12.1 Å². The Morgan fingerprint density at radius 1 is 1.04 bits per heavy atom. The van der Waals surface area contributed by atoms with Crippen molar-refractivity contribution in [3.8, 4) is 0 Å². The third-order valence-corrected chi connectivity index (χ3v) is 5.48. The van der Waals surface area contributed by atoms with Gasteiger partial charge in [0.25, 0.3) is 0 Å². The average Bonchev–Trinajstić information content (AvgIpc) is 2.61. The average molecular weight is 339 g/mol. The number of allylic oxidation sites excluding steroid dienone is 1. The van der Waals surface area contributed by atoms with E-state index in [1.54, 1.807) is 0 Å². The molecule has 0 aromatic carbocycles. The van der Waals surface area contributed by atoms with E-state index in [1.165, 1.54) is 38.9 Å². The molecule has 2 saturated carbocycles. The van der Waals surface area contributed by atoms with E-state index in [0.717, 1.165) is 38.3 Å². The lowest BCUT2D eigenvalue weighted by Gasteiger charge is -2.32. The molecule has 0 heterocycles. The Labute approximate surface area is 146 Å². The number of carbonyl (C=O) groups is 1. The molecule has 0 saturated heterocycles. The summed E-state index contributed by atoms with van der Waals surface area (Å²) >= 11 is 0. The van der Waals surface area contributed by atoms with Gasteiger partial charge in [0.2, 0.25) is 0 Å². The van der Waals surface area contributed by atoms with E-state index < -0.39 is 0 Å². The molecule has 0 bridgehead atoms. The second-order valence-electron chi connectivity index (χ2n) is 7.44. The minimum atomic E-state index is -0.277. The van der Waals surface area contributed by atoms with Gasteiger partial charge < -0.3 is 9.64 Å². The topological polar surface area (TPSA) is 48.0 Å². The summed E-state index contributed by atoms with van der Waals surface area (Å²) in [6.07, 6.45) is 12.7. The first kappa shape index (κ1) is 19.4. The monoisotopic (exact) mass is 339 g/mol. The Hall–Kier alpha value is -0.910. The molecule has 0 aliphatic heterocycles. The van der Waals surface area contributed by atoms with Crippen LogP contribution in [0.3, 0.4) is 0 Å². The highest BCUT2D eigenvalue weighted by molar-refractivity contribution is 5.81. The molecule has 0 aromatic rings. The zero-order valence-electron chi connectivity index (χ0n) is 15.4. The summed E-state index contributed by atoms with van der Waals surface area (Å²) in [5.74, 6) is 0.812. The van der Waals surface area contributed by atoms with Gasteiger partial charge in [-0.3, -0.25) is 0 Å². The molecule has 0 radical (unpaired) electrons. The number of esters is 1. The van der Waals surface area contributed by atoms with Crippen LogP contribution in [0.4, 0.5) is 0 Å². The molecule has 2 fully saturated rings. The molecule has 5 heteroatoms. The highest BCUT2D eigenvalue weighted by atomic mass is 17.2. The van der Waals surface area contributed by atoms with Crippen molar-refractivity contribution in [3.63, 3.8) is 0 Å². The van der Waals surface area contributed by atoms with E-state index in [2.05, 4.69) is 23.7 Å². The number of methoxy groups -OCH3 is 1. The minimum absolute atomic E-state index is 0.200. The molecule has 0 atom stereocenters. The van der Waals surface area contributed by atoms with E-state index >= 15 is 0 Å². The molecule has 5 nitrogen and oxygen atoms in total. The quantitative estimate of drug-likeness (QED) is 0.308. The Kier molecular flexibility index (Phi) is 8.22. The molecule has 2 rings (SSSR count). The van der Waals surface area contributed by atoms with Crippen LogP contribution in [0, 0.1) is 11.8 Å². The van der Waals surface area contributed by atoms with Crippen LogP contribution in [0.2, 0.25) is 0 Å². The molecule has 0 N–H and O–H groups in total. The van der Waals surface area contributed by atoms with Gasteiger partial charge >= 0.3 is 5.97 Å². The van der Waals surface area contributed by atoms with Crippen LogP contribution in [0.1, 0.15) is 51.4 Å². The summed E-state index contributed by atoms with van der Waals surface area (Å²) in [5, 5.41) is 0. The van der Waals surface area contributed by atoms with Gasteiger partial charge in [-0.1, -0.05) is 6.08 Å². The third kappa shape index (κ3) is 6.54. The van der Waals surface area contributed by atoms with Crippen molar-refractivity contribution in [1.29, 1.82) is 0 Å². The Morgan fingerprint density at radius 3 is 2.29 bits per heavy atom. The fourth-order valence-corrected chi connectivity index (χ4v) is 3.72. The van der Waals surface area contributed by atoms with Gasteiger partial charge in [-0.05, 0) is 77.3 Å². The summed E-state index contributed by atoms with van der Waals surface area (Å²) in [7, 11) is 5.74. The minimum Gasteiger partial charge on any atom is -0.466 e. The first-order chi connectivity index (χ1) is 11.6. The molecule has 2 aliphatic carbocycles. The highest BCUT2D eigenvalue weighted by Gasteiger charge is 2.24. The van der Waals surface area contributed by atoms with Crippen LogP contribution in [0.25, 0.3) is 0 Å². The van der Waals surface area contributed by atoms with Crippen molar-refractivity contribution >= 4 is 5.97 Å². The first-order valence-electron chi connectivity index (χ1n) is 9.29. The van der Waals surface area contributed by atoms with Crippen molar-refractivity contribution < 1.29 is 19.3 Å². The molecular formula is C19H33NO4. The summed E-state index contributed by atoms with van der Waals surface area (Å²) in [4.78, 5) is 24.6. The van der Waals surface area contributed by atoms with Gasteiger partial charge in [-0.2, -0.15) is 0 Å². The van der Waals surface area contributed by atoms with Gasteiger partial charge in [0.1, 0.15) is 0 Å². The maximum Gasteiger partial charge on any atom is 0.330 e. The SMILES string of the molecule is COC(=O)C=CC1CCC(OOCC2CCC(N(C)C)CC2)CC1. The fourth-order valence-electron chi connectivity index (χ4n) is 3.72. The Bertz CT molecular complexity index is 394. The molecule has 24 heavy (non-hydrogen) atoms. The van der Waals surface area contributed by atoms with Crippen molar-refractivity contribution in [2.45, 2.75) is 63.5 Å². The molecule has 0 spiro atoms. The second-order valence-corrected chi connectivity index (χ2v) is 7.44. The van der Waals surface area contributed by atoms with Crippen molar-refractivity contribution in [2.75, 3.05) is 27.8 Å². The van der Waals surface area contributed by atoms with Crippen LogP contribution >= 0.6 is 0 Å². The predicted octanol–water partition coefficient (Wildman–Crippen LogP) is 3.34. The molecular weight excluding hydrogens is 306 g/mol. The standard InChI is InChI=1S/C19H33NO4/c1-20(2)17-9-4-16(5-10-17)14-23-24-18-11-6-15(7-12-18)8-13-19(21)22-3/h8,13,15-18H,4-7,9-12,14H2,1-3H3. The van der Waals surface area contributed by atoms with Crippen LogP contribution in [0.15, 0.2) is 12.2 Å². The van der Waals surface area contributed by atoms with Crippen LogP contribution < -0.4 is 0 Å². The zero-order chi connectivity index (χ0) is 17.4. The summed E-state index contributed by atoms with van der Waals surface area (Å²) < 4.78 is 4.62. The normalized spacial score (nSPS) is 31.5. The Balaban J connectivity index is 1.55. The fraction of sp³-hybridized carbons (Fsp3) is 0.842. The maximum absolute atomic E-state index is 11.1. The summed E-state index contributed by atoms with van der Waals surface area (Å²) in [6, 6.07) is 0.732. The number of carbonyl (C=O) groups excluding carboxylic acids is 1. The second kappa shape index (κ2) is 10.2. The smallest absolute Gasteiger partial charge is 0.330 e. The van der Waals surface area contributed by atoms with E-state index in [0.29, 0.717) is 11.8 Å². The molecule has 0 unspecified atom stereocenters. The number of nitrogens with zero attached hydrogens (tertiary/aromatic N) is 1. The molecule has 0 amide bonds. The lowest BCUT2D eigenvalue weighted by atomic mass is 9.86. The molecule has 138 valence electrons. The Morgan fingerprint density at radius 2 is 1.71 bits per heavy atom. The number of hydrogen-bond donors (Lipinski definition) is 0. The zero-order valence-corrected chi connectivity index (χ0v) is 15.4. The summed E-state index contributed by atoms with van der Waals surface area (Å²) in [6.45, 7) is 0.725. The van der Waals surface area contributed by atoms with Crippen molar-refractivity contribution in [3.05, 3.63) is 12.2 Å². The predicted molar refractivity (Wildman–Crippen MR) is 93.4 cm³/mol. The summed E-state index contributed by atoms with van der Waals surface area (Å²) in [5.41, 5.74) is 0. The van der Waals surface area contributed by atoms with Crippen LogP contribution in [-0.2, 0) is 19.3 Å². The first-order valence-corrected chi connectivity index (χ1v) is 9.29. The van der Waals surface area contributed by atoms with Crippen molar-refractivity contribution in [1.82, 2.24) is 4.90 Å². The molecule has 0 aromatic heterocycles. The number of rotatable bonds is 7. The lowest BCUT2D eigenvalue weighted by molar-refractivity contribution is -0.335. The van der Waals surface area contributed by atoms with Gasteiger partial charge in [0.05, 0.1) is 19.8 Å². The third-order valence-electron chi connectivity index (χ3n) is 5.48. The van der Waals surface area contributed by atoms with E-state index in [4.69, 9.17) is 9.78 Å². The highest BCUT2D eigenvalue weighted by Crippen LogP contribution is 2.29. The van der Waals surface area contributed by atoms with E-state index in [1.807, 2.05) is 6.08 Å². The van der Waals surface area contributed by atoms with Crippen LogP contribution in [0.5, 0.6) is 0 Å². The van der Waals surface area contributed by atoms with Gasteiger partial charge in [0.15, 0.2) is 0 Å². The maximum atomic E-state index is 11.1.